The van der Waals surface area contributed by atoms with E-state index >= 15 is 0 Å². The number of amides is 1. The summed E-state index contributed by atoms with van der Waals surface area (Å²) in [5.74, 6) is 0.0699. The van der Waals surface area contributed by atoms with Gasteiger partial charge >= 0.3 is 0 Å². The molecule has 1 aromatic heterocycles. The molecule has 1 amide bonds. The monoisotopic (exact) mass is 404 g/mol. The van der Waals surface area contributed by atoms with Gasteiger partial charge in [-0.15, -0.1) is 0 Å². The SMILES string of the molecule is Cc1nc2ccccc2c(C)c1CC(=O)N1CCN(c2ccccc2[N+](=O)[O-])CC1. The van der Waals surface area contributed by atoms with Crippen molar-refractivity contribution < 1.29 is 9.72 Å². The van der Waals surface area contributed by atoms with Crippen molar-refractivity contribution in [3.05, 3.63) is 75.5 Å². The number of nitrogens with zero attached hydrogens (tertiary/aromatic N) is 4. The van der Waals surface area contributed by atoms with Gasteiger partial charge in [0.05, 0.1) is 16.9 Å². The summed E-state index contributed by atoms with van der Waals surface area (Å²) in [7, 11) is 0. The minimum absolute atomic E-state index is 0.0699. The molecule has 1 saturated heterocycles. The number of aryl methyl sites for hydroxylation is 2. The van der Waals surface area contributed by atoms with Crippen LogP contribution in [0.5, 0.6) is 0 Å². The molecule has 2 aromatic carbocycles. The lowest BCUT2D eigenvalue weighted by molar-refractivity contribution is -0.384. The van der Waals surface area contributed by atoms with Gasteiger partial charge in [0, 0.05) is 43.3 Å². The lowest BCUT2D eigenvalue weighted by Crippen LogP contribution is -2.49. The second-order valence-corrected chi connectivity index (χ2v) is 7.61. The van der Waals surface area contributed by atoms with Gasteiger partial charge in [-0.25, -0.2) is 0 Å². The van der Waals surface area contributed by atoms with Gasteiger partial charge in [-0.2, -0.15) is 0 Å². The maximum absolute atomic E-state index is 13.0. The number of anilines is 1. The molecule has 7 heteroatoms. The average molecular weight is 404 g/mol. The van der Waals surface area contributed by atoms with Crippen LogP contribution in [-0.2, 0) is 11.2 Å². The van der Waals surface area contributed by atoms with Gasteiger partial charge in [-0.3, -0.25) is 19.9 Å². The highest BCUT2D eigenvalue weighted by Gasteiger charge is 2.26. The van der Waals surface area contributed by atoms with E-state index in [4.69, 9.17) is 0 Å². The van der Waals surface area contributed by atoms with Gasteiger partial charge < -0.3 is 9.80 Å². The Kier molecular flexibility index (Phi) is 5.35. The van der Waals surface area contributed by atoms with Crippen LogP contribution in [0.3, 0.4) is 0 Å². The lowest BCUT2D eigenvalue weighted by Gasteiger charge is -2.36. The molecule has 1 aliphatic rings. The van der Waals surface area contributed by atoms with Crippen LogP contribution >= 0.6 is 0 Å². The Morgan fingerprint density at radius 2 is 1.70 bits per heavy atom. The van der Waals surface area contributed by atoms with Crippen LogP contribution in [-0.4, -0.2) is 46.9 Å². The van der Waals surface area contributed by atoms with E-state index in [1.807, 2.05) is 47.9 Å². The maximum Gasteiger partial charge on any atom is 0.292 e. The van der Waals surface area contributed by atoms with Crippen molar-refractivity contribution in [2.24, 2.45) is 0 Å². The Morgan fingerprint density at radius 3 is 2.43 bits per heavy atom. The number of fused-ring (bicyclic) bond motifs is 1. The second kappa shape index (κ2) is 8.10. The molecule has 0 unspecified atom stereocenters. The summed E-state index contributed by atoms with van der Waals surface area (Å²) in [5.41, 5.74) is 4.63. The molecule has 4 rings (SSSR count). The predicted octanol–water partition coefficient (Wildman–Crippen LogP) is 3.65. The van der Waals surface area contributed by atoms with Gasteiger partial charge in [0.15, 0.2) is 0 Å². The van der Waals surface area contributed by atoms with Gasteiger partial charge in [0.2, 0.25) is 5.91 Å². The fraction of sp³-hybridized carbons (Fsp3) is 0.304. The first-order valence-electron chi connectivity index (χ1n) is 10.1. The number of carbonyl (C=O) groups excluding carboxylic acids is 1. The van der Waals surface area contributed by atoms with E-state index in [2.05, 4.69) is 4.98 Å². The minimum Gasteiger partial charge on any atom is -0.362 e. The average Bonchev–Trinajstić information content (AvgIpc) is 2.76. The van der Waals surface area contributed by atoms with E-state index in [1.54, 1.807) is 18.2 Å². The minimum atomic E-state index is -0.356. The number of para-hydroxylation sites is 3. The molecule has 0 aliphatic carbocycles. The zero-order valence-corrected chi connectivity index (χ0v) is 17.2. The quantitative estimate of drug-likeness (QED) is 0.490. The Labute approximate surface area is 175 Å². The Morgan fingerprint density at radius 1 is 1.03 bits per heavy atom. The summed E-state index contributed by atoms with van der Waals surface area (Å²) in [6, 6.07) is 14.7. The van der Waals surface area contributed by atoms with E-state index in [-0.39, 0.29) is 16.5 Å². The summed E-state index contributed by atoms with van der Waals surface area (Å²) in [4.78, 5) is 32.4. The fourth-order valence-corrected chi connectivity index (χ4v) is 4.18. The largest absolute Gasteiger partial charge is 0.362 e. The van der Waals surface area contributed by atoms with Gasteiger partial charge in [0.25, 0.3) is 5.69 Å². The van der Waals surface area contributed by atoms with Crippen molar-refractivity contribution in [1.82, 2.24) is 9.88 Å². The van der Waals surface area contributed by atoms with Crippen molar-refractivity contribution >= 4 is 28.2 Å². The zero-order chi connectivity index (χ0) is 21.3. The fourth-order valence-electron chi connectivity index (χ4n) is 4.18. The van der Waals surface area contributed by atoms with Crippen molar-refractivity contribution in [3.63, 3.8) is 0 Å². The van der Waals surface area contributed by atoms with Crippen LogP contribution in [0.1, 0.15) is 16.8 Å². The highest BCUT2D eigenvalue weighted by molar-refractivity contribution is 5.86. The van der Waals surface area contributed by atoms with Crippen molar-refractivity contribution in [1.29, 1.82) is 0 Å². The third kappa shape index (κ3) is 3.70. The number of hydrogen-bond donors (Lipinski definition) is 0. The van der Waals surface area contributed by atoms with Crippen LogP contribution in [0.2, 0.25) is 0 Å². The summed E-state index contributed by atoms with van der Waals surface area (Å²) in [5, 5.41) is 12.4. The molecule has 1 fully saturated rings. The van der Waals surface area contributed by atoms with Gasteiger partial charge in [-0.1, -0.05) is 30.3 Å². The molecule has 1 aliphatic heterocycles. The van der Waals surface area contributed by atoms with Crippen LogP contribution in [0, 0.1) is 24.0 Å². The van der Waals surface area contributed by atoms with Crippen LogP contribution in [0.4, 0.5) is 11.4 Å². The van der Waals surface area contributed by atoms with Crippen LogP contribution in [0.15, 0.2) is 48.5 Å². The number of pyridine rings is 1. The van der Waals surface area contributed by atoms with Gasteiger partial charge in [0.1, 0.15) is 5.69 Å². The Hall–Kier alpha value is -3.48. The number of rotatable bonds is 4. The molecule has 0 spiro atoms. The highest BCUT2D eigenvalue weighted by atomic mass is 16.6. The molecule has 0 radical (unpaired) electrons. The van der Waals surface area contributed by atoms with Crippen molar-refractivity contribution in [3.8, 4) is 0 Å². The van der Waals surface area contributed by atoms with E-state index < -0.39 is 0 Å². The van der Waals surface area contributed by atoms with E-state index in [0.29, 0.717) is 38.3 Å². The summed E-state index contributed by atoms with van der Waals surface area (Å²) in [6.45, 7) is 6.24. The molecule has 154 valence electrons. The molecular weight excluding hydrogens is 380 g/mol. The smallest absolute Gasteiger partial charge is 0.292 e. The molecule has 0 N–H and O–H groups in total. The molecule has 2 heterocycles. The molecule has 3 aromatic rings. The normalized spacial score (nSPS) is 14.2. The Bertz CT molecular complexity index is 1120. The number of hydrogen-bond acceptors (Lipinski definition) is 5. The number of piperazine rings is 1. The number of carbonyl (C=O) groups is 1. The van der Waals surface area contributed by atoms with Crippen LogP contribution in [0.25, 0.3) is 10.9 Å². The van der Waals surface area contributed by atoms with E-state index in [1.165, 1.54) is 6.07 Å². The maximum atomic E-state index is 13.0. The first-order valence-corrected chi connectivity index (χ1v) is 10.1. The summed E-state index contributed by atoms with van der Waals surface area (Å²) in [6.07, 6.45) is 0.320. The van der Waals surface area contributed by atoms with Gasteiger partial charge in [-0.05, 0) is 37.1 Å². The molecular formula is C23H24N4O3. The number of benzene rings is 2. The zero-order valence-electron chi connectivity index (χ0n) is 17.2. The number of nitro benzene ring substituents is 1. The third-order valence-electron chi connectivity index (χ3n) is 5.87. The predicted molar refractivity (Wildman–Crippen MR) is 117 cm³/mol. The first-order chi connectivity index (χ1) is 14.5. The molecule has 7 nitrogen and oxygen atoms in total. The molecule has 30 heavy (non-hydrogen) atoms. The van der Waals surface area contributed by atoms with Crippen LogP contribution < -0.4 is 4.90 Å². The first kappa shape index (κ1) is 19.8. The Balaban J connectivity index is 1.47. The number of aromatic nitrogens is 1. The molecule has 0 atom stereocenters. The van der Waals surface area contributed by atoms with E-state index in [9.17, 15) is 14.9 Å². The topological polar surface area (TPSA) is 79.6 Å². The van der Waals surface area contributed by atoms with Crippen molar-refractivity contribution in [2.45, 2.75) is 20.3 Å². The lowest BCUT2D eigenvalue weighted by atomic mass is 9.99. The molecule has 0 bridgehead atoms. The number of nitro groups is 1. The highest BCUT2D eigenvalue weighted by Crippen LogP contribution is 2.29. The summed E-state index contributed by atoms with van der Waals surface area (Å²) < 4.78 is 0. The molecule has 0 saturated carbocycles. The summed E-state index contributed by atoms with van der Waals surface area (Å²) >= 11 is 0. The standard InChI is InChI=1S/C23H24N4O3/c1-16-18-7-3-4-8-20(18)24-17(2)19(16)15-23(28)26-13-11-25(12-14-26)21-9-5-6-10-22(21)27(29)30/h3-10H,11-15H2,1-2H3. The second-order valence-electron chi connectivity index (χ2n) is 7.61. The van der Waals surface area contributed by atoms with Crippen molar-refractivity contribution in [2.75, 3.05) is 31.1 Å². The third-order valence-corrected chi connectivity index (χ3v) is 5.87. The van der Waals surface area contributed by atoms with E-state index in [0.717, 1.165) is 27.7 Å².